The van der Waals surface area contributed by atoms with E-state index in [1.807, 2.05) is 12.1 Å². The van der Waals surface area contributed by atoms with Gasteiger partial charge in [-0.2, -0.15) is 0 Å². The molecule has 0 bridgehead atoms. The van der Waals surface area contributed by atoms with Gasteiger partial charge in [-0.15, -0.1) is 0 Å². The normalized spacial score (nSPS) is 32.0. The van der Waals surface area contributed by atoms with E-state index < -0.39 is 0 Å². The van der Waals surface area contributed by atoms with Gasteiger partial charge < -0.3 is 11.1 Å². The van der Waals surface area contributed by atoms with E-state index in [2.05, 4.69) is 11.4 Å². The second-order valence-corrected chi connectivity index (χ2v) is 5.75. The van der Waals surface area contributed by atoms with Crippen LogP contribution < -0.4 is 11.1 Å². The predicted molar refractivity (Wildman–Crippen MR) is 72.4 cm³/mol. The van der Waals surface area contributed by atoms with Crippen LogP contribution in [-0.2, 0) is 0 Å². The van der Waals surface area contributed by atoms with E-state index in [1.54, 1.807) is 0 Å². The van der Waals surface area contributed by atoms with Crippen LogP contribution in [0.25, 0.3) is 0 Å². The van der Waals surface area contributed by atoms with Crippen molar-refractivity contribution in [1.29, 1.82) is 0 Å². The van der Waals surface area contributed by atoms with E-state index in [9.17, 15) is 0 Å². The van der Waals surface area contributed by atoms with Crippen molar-refractivity contribution in [3.63, 3.8) is 0 Å². The van der Waals surface area contributed by atoms with Gasteiger partial charge in [0.25, 0.3) is 0 Å². The van der Waals surface area contributed by atoms with Crippen LogP contribution in [0.4, 0.5) is 5.69 Å². The van der Waals surface area contributed by atoms with Crippen LogP contribution in [0.3, 0.4) is 0 Å². The average molecular weight is 251 g/mol. The molecule has 1 aromatic rings. The van der Waals surface area contributed by atoms with Crippen LogP contribution in [0.1, 0.15) is 43.7 Å². The van der Waals surface area contributed by atoms with Gasteiger partial charge in [0.15, 0.2) is 0 Å². The summed E-state index contributed by atoms with van der Waals surface area (Å²) in [7, 11) is 0. The number of anilines is 1. The van der Waals surface area contributed by atoms with Crippen molar-refractivity contribution in [3.8, 4) is 0 Å². The fourth-order valence-corrected chi connectivity index (χ4v) is 3.50. The van der Waals surface area contributed by atoms with Crippen molar-refractivity contribution in [1.82, 2.24) is 0 Å². The molecular weight excluding hydrogens is 232 g/mol. The number of halogens is 1. The van der Waals surface area contributed by atoms with Crippen molar-refractivity contribution in [2.75, 3.05) is 5.32 Å². The third kappa shape index (κ3) is 2.04. The molecule has 0 radical (unpaired) electrons. The van der Waals surface area contributed by atoms with Crippen LogP contribution in [0, 0.1) is 5.92 Å². The quantitative estimate of drug-likeness (QED) is 0.737. The van der Waals surface area contributed by atoms with Gasteiger partial charge in [0.2, 0.25) is 0 Å². The molecule has 2 nitrogen and oxygen atoms in total. The van der Waals surface area contributed by atoms with E-state index in [-0.39, 0.29) is 6.04 Å². The molecule has 1 aliphatic carbocycles. The van der Waals surface area contributed by atoms with Gasteiger partial charge in [-0.3, -0.25) is 0 Å². The topological polar surface area (TPSA) is 38.0 Å². The van der Waals surface area contributed by atoms with Gasteiger partial charge in [-0.1, -0.05) is 30.9 Å². The first-order valence-corrected chi connectivity index (χ1v) is 6.95. The number of hydrogen-bond acceptors (Lipinski definition) is 2. The van der Waals surface area contributed by atoms with Crippen LogP contribution in [-0.4, -0.2) is 6.04 Å². The highest BCUT2D eigenvalue weighted by Crippen LogP contribution is 2.41. The summed E-state index contributed by atoms with van der Waals surface area (Å²) in [6, 6.07) is 6.74. The second-order valence-electron chi connectivity index (χ2n) is 5.31. The molecule has 1 heterocycles. The molecule has 3 unspecified atom stereocenters. The van der Waals surface area contributed by atoms with E-state index >= 15 is 0 Å². The largest absolute Gasteiger partial charge is 0.382 e. The Hall–Kier alpha value is -0.730. The third-order valence-corrected chi connectivity index (χ3v) is 4.48. The Balaban J connectivity index is 1.97. The molecule has 3 atom stereocenters. The van der Waals surface area contributed by atoms with Crippen LogP contribution in [0.15, 0.2) is 18.2 Å². The van der Waals surface area contributed by atoms with E-state index in [0.717, 1.165) is 5.02 Å². The first kappa shape index (κ1) is 11.4. The highest BCUT2D eigenvalue weighted by molar-refractivity contribution is 6.30. The van der Waals surface area contributed by atoms with Crippen LogP contribution in [0.5, 0.6) is 0 Å². The molecule has 92 valence electrons. The summed E-state index contributed by atoms with van der Waals surface area (Å²) in [4.78, 5) is 0. The number of benzene rings is 1. The summed E-state index contributed by atoms with van der Waals surface area (Å²) in [5.74, 6) is 0.573. The summed E-state index contributed by atoms with van der Waals surface area (Å²) in [6.45, 7) is 0. The number of nitrogens with one attached hydrogen (secondary N) is 1. The lowest BCUT2D eigenvalue weighted by molar-refractivity contribution is 0.340. The highest BCUT2D eigenvalue weighted by Gasteiger charge is 2.34. The summed E-state index contributed by atoms with van der Waals surface area (Å²) in [5, 5.41) is 4.44. The Morgan fingerprint density at radius 2 is 2.00 bits per heavy atom. The van der Waals surface area contributed by atoms with Gasteiger partial charge in [-0.25, -0.2) is 0 Å². The minimum absolute atomic E-state index is 0.146. The third-order valence-electron chi connectivity index (χ3n) is 4.24. The number of nitrogens with two attached hydrogens (primary N) is 1. The predicted octanol–water partition coefficient (Wildman–Crippen LogP) is 3.71. The number of fused-ring (bicyclic) bond motifs is 2. The molecule has 1 aliphatic heterocycles. The molecule has 3 heteroatoms. The molecule has 3 rings (SSSR count). The van der Waals surface area contributed by atoms with Crippen molar-refractivity contribution in [2.24, 2.45) is 11.7 Å². The van der Waals surface area contributed by atoms with Gasteiger partial charge in [0.05, 0.1) is 0 Å². The van der Waals surface area contributed by atoms with E-state index in [4.69, 9.17) is 17.3 Å². The van der Waals surface area contributed by atoms with E-state index in [0.29, 0.717) is 12.0 Å². The maximum atomic E-state index is 6.44. The second kappa shape index (κ2) is 4.51. The molecule has 17 heavy (non-hydrogen) atoms. The van der Waals surface area contributed by atoms with Gasteiger partial charge >= 0.3 is 0 Å². The van der Waals surface area contributed by atoms with Crippen LogP contribution in [0.2, 0.25) is 5.02 Å². The summed E-state index contributed by atoms with van der Waals surface area (Å²) < 4.78 is 0. The Labute approximate surface area is 108 Å². The molecule has 0 spiro atoms. The first-order chi connectivity index (χ1) is 8.25. The fraction of sp³-hybridized carbons (Fsp3) is 0.571. The molecule has 0 amide bonds. The molecule has 0 aromatic heterocycles. The zero-order chi connectivity index (χ0) is 11.8. The molecule has 2 aliphatic rings. The standard InChI is InChI=1S/C14H19ClN2/c15-9-6-7-13-11(8-9)14(16)10-4-2-1-3-5-12(10)17-13/h6-8,10,12,14,17H,1-5,16H2. The van der Waals surface area contributed by atoms with E-state index in [1.165, 1.54) is 43.4 Å². The molecule has 0 saturated heterocycles. The smallest absolute Gasteiger partial charge is 0.0410 e. The summed E-state index contributed by atoms with van der Waals surface area (Å²) >= 11 is 6.07. The van der Waals surface area contributed by atoms with Gasteiger partial charge in [0.1, 0.15) is 0 Å². The van der Waals surface area contributed by atoms with Crippen molar-refractivity contribution < 1.29 is 0 Å². The lowest BCUT2D eigenvalue weighted by Gasteiger charge is -2.38. The summed E-state index contributed by atoms with van der Waals surface area (Å²) in [6.07, 6.45) is 6.47. The fourth-order valence-electron chi connectivity index (χ4n) is 3.32. The van der Waals surface area contributed by atoms with Crippen molar-refractivity contribution in [3.05, 3.63) is 28.8 Å². The minimum Gasteiger partial charge on any atom is -0.382 e. The van der Waals surface area contributed by atoms with Crippen molar-refractivity contribution >= 4 is 17.3 Å². The Morgan fingerprint density at radius 3 is 2.88 bits per heavy atom. The molecular formula is C14H19ClN2. The number of rotatable bonds is 0. The molecule has 1 fully saturated rings. The Bertz CT molecular complexity index is 419. The SMILES string of the molecule is NC1c2cc(Cl)ccc2NC2CCCCCC21. The minimum atomic E-state index is 0.146. The van der Waals surface area contributed by atoms with Gasteiger partial charge in [0, 0.05) is 22.8 Å². The Kier molecular flexibility index (Phi) is 3.01. The lowest BCUT2D eigenvalue weighted by atomic mass is 9.80. The summed E-state index contributed by atoms with van der Waals surface area (Å²) in [5.41, 5.74) is 8.82. The van der Waals surface area contributed by atoms with Crippen LogP contribution >= 0.6 is 11.6 Å². The van der Waals surface area contributed by atoms with Gasteiger partial charge in [-0.05, 0) is 42.5 Å². The molecule has 3 N–H and O–H groups in total. The zero-order valence-corrected chi connectivity index (χ0v) is 10.7. The Morgan fingerprint density at radius 1 is 1.18 bits per heavy atom. The molecule has 1 saturated carbocycles. The number of hydrogen-bond donors (Lipinski definition) is 2. The maximum absolute atomic E-state index is 6.44. The zero-order valence-electron chi connectivity index (χ0n) is 9.95. The first-order valence-electron chi connectivity index (χ1n) is 6.57. The average Bonchev–Trinajstić information content (AvgIpc) is 2.56. The molecule has 1 aromatic carbocycles. The maximum Gasteiger partial charge on any atom is 0.0410 e. The monoisotopic (exact) mass is 250 g/mol. The lowest BCUT2D eigenvalue weighted by Crippen LogP contribution is -2.40. The van der Waals surface area contributed by atoms with Crippen molar-refractivity contribution in [2.45, 2.75) is 44.2 Å². The highest BCUT2D eigenvalue weighted by atomic mass is 35.5.